The Hall–Kier alpha value is -2.05. The minimum Gasteiger partial charge on any atom is -0.294 e. The molecule has 0 unspecified atom stereocenters. The van der Waals surface area contributed by atoms with Crippen LogP contribution in [-0.4, -0.2) is 5.78 Å². The van der Waals surface area contributed by atoms with Gasteiger partial charge in [0.25, 0.3) is 0 Å². The number of hydrazine groups is 3. The van der Waals surface area contributed by atoms with Gasteiger partial charge in [0, 0.05) is 12.0 Å². The summed E-state index contributed by atoms with van der Waals surface area (Å²) in [7, 11) is 0. The van der Waals surface area contributed by atoms with E-state index in [9.17, 15) is 4.79 Å². The largest absolute Gasteiger partial charge is 0.294 e. The lowest BCUT2D eigenvalue weighted by Crippen LogP contribution is -2.33. The van der Waals surface area contributed by atoms with Crippen molar-refractivity contribution in [3.8, 4) is 0 Å². The Balaban J connectivity index is 1.75. The molecule has 1 aliphatic heterocycles. The molecule has 0 radical (unpaired) electrons. The maximum absolute atomic E-state index is 12.3. The van der Waals surface area contributed by atoms with E-state index in [4.69, 9.17) is 0 Å². The zero-order valence-electron chi connectivity index (χ0n) is 11.8. The number of carbonyl (C=O) groups excluding carboxylic acids is 1. The first kappa shape index (κ1) is 13.9. The lowest BCUT2D eigenvalue weighted by molar-refractivity contribution is 0.0993. The molecule has 0 atom stereocenters. The van der Waals surface area contributed by atoms with Crippen molar-refractivity contribution in [2.24, 2.45) is 0 Å². The molecule has 4 N–H and O–H groups in total. The number of hydrogen-bond donors (Lipinski definition) is 4. The highest BCUT2D eigenvalue weighted by molar-refractivity contribution is 5.97. The molecule has 1 saturated heterocycles. The van der Waals surface area contributed by atoms with Crippen molar-refractivity contribution < 1.29 is 4.79 Å². The van der Waals surface area contributed by atoms with Crippen LogP contribution in [0.5, 0.6) is 0 Å². The summed E-state index contributed by atoms with van der Waals surface area (Å²) in [5, 5.41) is 0. The van der Waals surface area contributed by atoms with E-state index in [0.717, 1.165) is 22.3 Å². The van der Waals surface area contributed by atoms with Gasteiger partial charge in [-0.1, -0.05) is 48.0 Å². The van der Waals surface area contributed by atoms with Crippen molar-refractivity contribution in [2.45, 2.75) is 19.5 Å². The van der Waals surface area contributed by atoms with E-state index in [1.807, 2.05) is 55.5 Å². The van der Waals surface area contributed by atoms with Crippen LogP contribution in [0.4, 0.5) is 0 Å². The summed E-state index contributed by atoms with van der Waals surface area (Å²) >= 11 is 0. The lowest BCUT2D eigenvalue weighted by atomic mass is 10.00. The maximum atomic E-state index is 12.3. The van der Waals surface area contributed by atoms with Crippen molar-refractivity contribution in [2.75, 3.05) is 0 Å². The van der Waals surface area contributed by atoms with E-state index < -0.39 is 0 Å². The number of carbonyl (C=O) groups is 1. The fourth-order valence-corrected chi connectivity index (χ4v) is 2.41. The van der Waals surface area contributed by atoms with Gasteiger partial charge in [0.2, 0.25) is 0 Å². The first-order chi connectivity index (χ1) is 10.2. The standard InChI is InChI=1S/C16H18N4O/c1-11-4-2-6-13(8-11)15(21)10-12-5-3-7-14(9-12)16-17-19-20-18-16/h2-9,16-20H,10H2,1H3. The van der Waals surface area contributed by atoms with Crippen LogP contribution in [-0.2, 0) is 6.42 Å². The van der Waals surface area contributed by atoms with Gasteiger partial charge in [-0.15, -0.1) is 0 Å². The van der Waals surface area contributed by atoms with E-state index in [-0.39, 0.29) is 11.9 Å². The number of benzene rings is 2. The number of Topliss-reactive ketones (excluding diaryl/α,β-unsaturated/α-hetero) is 1. The topological polar surface area (TPSA) is 65.2 Å². The molecular formula is C16H18N4O. The fraction of sp³-hybridized carbons (Fsp3) is 0.188. The summed E-state index contributed by atoms with van der Waals surface area (Å²) in [6.07, 6.45) is 0.393. The molecule has 1 heterocycles. The van der Waals surface area contributed by atoms with Crippen LogP contribution in [0.2, 0.25) is 0 Å². The SMILES string of the molecule is Cc1cccc(C(=O)Cc2cccc(C3NNNN3)c2)c1. The van der Waals surface area contributed by atoms with Crippen LogP contribution >= 0.6 is 0 Å². The molecule has 0 bridgehead atoms. The molecule has 2 aromatic rings. The van der Waals surface area contributed by atoms with Crippen LogP contribution in [0.1, 0.15) is 33.2 Å². The van der Waals surface area contributed by atoms with Crippen molar-refractivity contribution in [3.63, 3.8) is 0 Å². The van der Waals surface area contributed by atoms with Gasteiger partial charge >= 0.3 is 0 Å². The molecule has 0 spiro atoms. The molecule has 0 saturated carbocycles. The monoisotopic (exact) mass is 282 g/mol. The predicted molar refractivity (Wildman–Crippen MR) is 80.9 cm³/mol. The molecule has 0 aliphatic carbocycles. The molecular weight excluding hydrogens is 264 g/mol. The molecule has 1 aliphatic rings. The number of ketones is 1. The van der Waals surface area contributed by atoms with E-state index in [1.165, 1.54) is 0 Å². The van der Waals surface area contributed by atoms with Crippen molar-refractivity contribution >= 4 is 5.78 Å². The average Bonchev–Trinajstić information content (AvgIpc) is 3.02. The van der Waals surface area contributed by atoms with E-state index in [0.29, 0.717) is 6.42 Å². The molecule has 5 nitrogen and oxygen atoms in total. The van der Waals surface area contributed by atoms with E-state index in [1.54, 1.807) is 0 Å². The van der Waals surface area contributed by atoms with Crippen LogP contribution in [0.3, 0.4) is 0 Å². The Morgan fingerprint density at radius 1 is 1.05 bits per heavy atom. The van der Waals surface area contributed by atoms with Crippen molar-refractivity contribution in [3.05, 3.63) is 70.8 Å². The van der Waals surface area contributed by atoms with Crippen molar-refractivity contribution in [1.29, 1.82) is 0 Å². The Morgan fingerprint density at radius 2 is 1.81 bits per heavy atom. The van der Waals surface area contributed by atoms with Gasteiger partial charge in [-0.05, 0) is 24.1 Å². The predicted octanol–water partition coefficient (Wildman–Crippen LogP) is 1.54. The minimum atomic E-state index is -0.0148. The van der Waals surface area contributed by atoms with E-state index in [2.05, 4.69) is 21.9 Å². The Bertz CT molecular complexity index is 650. The first-order valence-electron chi connectivity index (χ1n) is 6.92. The molecule has 2 aromatic carbocycles. The van der Waals surface area contributed by atoms with Gasteiger partial charge in [0.1, 0.15) is 6.17 Å². The highest BCUT2D eigenvalue weighted by atomic mass is 16.1. The molecule has 21 heavy (non-hydrogen) atoms. The van der Waals surface area contributed by atoms with Gasteiger partial charge in [-0.2, -0.15) is 11.1 Å². The van der Waals surface area contributed by atoms with Crippen LogP contribution in [0.15, 0.2) is 48.5 Å². The maximum Gasteiger partial charge on any atom is 0.167 e. The second-order valence-electron chi connectivity index (χ2n) is 5.19. The summed E-state index contributed by atoms with van der Waals surface area (Å²) in [6.45, 7) is 1.99. The smallest absolute Gasteiger partial charge is 0.167 e. The lowest BCUT2D eigenvalue weighted by Gasteiger charge is -2.11. The molecule has 3 rings (SSSR count). The highest BCUT2D eigenvalue weighted by Crippen LogP contribution is 2.15. The van der Waals surface area contributed by atoms with Gasteiger partial charge in [0.05, 0.1) is 0 Å². The number of rotatable bonds is 4. The molecule has 0 aromatic heterocycles. The zero-order chi connectivity index (χ0) is 14.7. The number of aryl methyl sites for hydroxylation is 1. The third-order valence-corrected chi connectivity index (χ3v) is 3.48. The normalized spacial score (nSPS) is 15.3. The van der Waals surface area contributed by atoms with Crippen LogP contribution in [0, 0.1) is 6.92 Å². The number of hydrogen-bond acceptors (Lipinski definition) is 5. The summed E-state index contributed by atoms with van der Waals surface area (Å²) in [6, 6.07) is 15.7. The number of nitrogens with one attached hydrogen (secondary N) is 4. The second-order valence-corrected chi connectivity index (χ2v) is 5.19. The highest BCUT2D eigenvalue weighted by Gasteiger charge is 2.15. The second kappa shape index (κ2) is 6.15. The van der Waals surface area contributed by atoms with Crippen LogP contribution < -0.4 is 21.9 Å². The average molecular weight is 282 g/mol. The summed E-state index contributed by atoms with van der Waals surface area (Å²) in [5.41, 5.74) is 15.6. The molecule has 108 valence electrons. The molecule has 0 amide bonds. The Labute approximate surface area is 123 Å². The quantitative estimate of drug-likeness (QED) is 0.641. The summed E-state index contributed by atoms with van der Waals surface area (Å²) < 4.78 is 0. The Morgan fingerprint density at radius 3 is 2.57 bits per heavy atom. The van der Waals surface area contributed by atoms with Crippen molar-refractivity contribution in [1.82, 2.24) is 21.9 Å². The molecule has 5 heteroatoms. The molecule has 1 fully saturated rings. The Kier molecular flexibility index (Phi) is 4.08. The fourth-order valence-electron chi connectivity index (χ4n) is 2.41. The summed E-state index contributed by atoms with van der Waals surface area (Å²) in [4.78, 5) is 12.3. The van der Waals surface area contributed by atoms with E-state index >= 15 is 0 Å². The summed E-state index contributed by atoms with van der Waals surface area (Å²) in [5.74, 6) is 0.138. The third kappa shape index (κ3) is 3.34. The minimum absolute atomic E-state index is 0.0148. The van der Waals surface area contributed by atoms with Gasteiger partial charge in [-0.25, -0.2) is 10.9 Å². The first-order valence-corrected chi connectivity index (χ1v) is 6.92. The van der Waals surface area contributed by atoms with Gasteiger partial charge in [0.15, 0.2) is 5.78 Å². The zero-order valence-corrected chi connectivity index (χ0v) is 11.8. The van der Waals surface area contributed by atoms with Gasteiger partial charge < -0.3 is 0 Å². The van der Waals surface area contributed by atoms with Gasteiger partial charge in [-0.3, -0.25) is 4.79 Å². The third-order valence-electron chi connectivity index (χ3n) is 3.48. The van der Waals surface area contributed by atoms with Crippen LogP contribution in [0.25, 0.3) is 0 Å².